The summed E-state index contributed by atoms with van der Waals surface area (Å²) in [6.45, 7) is 3.15. The first kappa shape index (κ1) is 24.9. The van der Waals surface area contributed by atoms with Gasteiger partial charge in [0.25, 0.3) is 0 Å². The van der Waals surface area contributed by atoms with Crippen LogP contribution in [-0.4, -0.2) is 6.18 Å². The van der Waals surface area contributed by atoms with Gasteiger partial charge in [0.15, 0.2) is 0 Å². The molecule has 3 aromatic carbocycles. The van der Waals surface area contributed by atoms with Crippen LogP contribution in [0.3, 0.4) is 0 Å². The average molecular weight is 486 g/mol. The lowest BCUT2D eigenvalue weighted by Gasteiger charge is -2.22. The maximum absolute atomic E-state index is 12.7. The Labute approximate surface area is 209 Å². The van der Waals surface area contributed by atoms with E-state index in [1.165, 1.54) is 17.2 Å². The molecule has 1 heterocycles. The number of anilines is 3. The Balaban J connectivity index is 1.57. The van der Waals surface area contributed by atoms with Gasteiger partial charge in [0.1, 0.15) is 0 Å². The van der Waals surface area contributed by atoms with E-state index in [1.807, 2.05) is 71.6 Å². The highest BCUT2D eigenvalue weighted by Gasteiger charge is 2.29. The highest BCUT2D eigenvalue weighted by atomic mass is 19.4. The van der Waals surface area contributed by atoms with Crippen molar-refractivity contribution in [1.82, 2.24) is 0 Å². The van der Waals surface area contributed by atoms with E-state index in [4.69, 9.17) is 4.42 Å². The molecule has 0 N–H and O–H groups in total. The number of halogens is 3. The van der Waals surface area contributed by atoms with Crippen LogP contribution < -0.4 is 4.90 Å². The van der Waals surface area contributed by atoms with Crippen LogP contribution in [0.1, 0.15) is 30.5 Å². The van der Waals surface area contributed by atoms with Gasteiger partial charge in [-0.1, -0.05) is 78.9 Å². The van der Waals surface area contributed by atoms with Gasteiger partial charge in [-0.05, 0) is 66.4 Å². The molecule has 4 aromatic rings. The van der Waals surface area contributed by atoms with Crippen molar-refractivity contribution in [3.8, 4) is 0 Å². The van der Waals surface area contributed by atoms with Gasteiger partial charge >= 0.3 is 6.18 Å². The Morgan fingerprint density at radius 1 is 0.750 bits per heavy atom. The third-order valence-electron chi connectivity index (χ3n) is 5.72. The molecule has 0 aliphatic rings. The molecule has 2 nitrogen and oxygen atoms in total. The molecule has 0 atom stereocenters. The highest BCUT2D eigenvalue weighted by Crippen LogP contribution is 2.35. The number of allylic oxidation sites excluding steroid dienone is 4. The van der Waals surface area contributed by atoms with Gasteiger partial charge < -0.3 is 4.42 Å². The predicted octanol–water partition coefficient (Wildman–Crippen LogP) is 9.83. The van der Waals surface area contributed by atoms with Gasteiger partial charge in [0.2, 0.25) is 5.88 Å². The van der Waals surface area contributed by atoms with Crippen molar-refractivity contribution < 1.29 is 17.6 Å². The summed E-state index contributed by atoms with van der Waals surface area (Å²) in [5.74, 6) is 0.658. The summed E-state index contributed by atoms with van der Waals surface area (Å²) in [5, 5.41) is 0. The number of furan rings is 1. The Morgan fingerprint density at radius 3 is 1.92 bits per heavy atom. The van der Waals surface area contributed by atoms with E-state index in [0.29, 0.717) is 5.88 Å². The topological polar surface area (TPSA) is 16.4 Å². The zero-order valence-corrected chi connectivity index (χ0v) is 20.0. The molecule has 0 aliphatic carbocycles. The van der Waals surface area contributed by atoms with E-state index >= 15 is 0 Å². The molecule has 4 rings (SSSR count). The van der Waals surface area contributed by atoms with Crippen LogP contribution in [0.25, 0.3) is 17.7 Å². The first-order valence-electron chi connectivity index (χ1n) is 11.5. The van der Waals surface area contributed by atoms with Gasteiger partial charge in [0.05, 0.1) is 6.26 Å². The lowest BCUT2D eigenvalue weighted by molar-refractivity contribution is -0.0912. The van der Waals surface area contributed by atoms with Gasteiger partial charge in [-0.15, -0.1) is 0 Å². The van der Waals surface area contributed by atoms with E-state index in [1.54, 1.807) is 12.3 Å². The second kappa shape index (κ2) is 11.0. The Bertz CT molecular complexity index is 1350. The van der Waals surface area contributed by atoms with Crippen molar-refractivity contribution in [3.63, 3.8) is 0 Å². The second-order valence-corrected chi connectivity index (χ2v) is 8.37. The molecule has 0 fully saturated rings. The number of nitrogens with zero attached hydrogens (tertiary/aromatic N) is 1. The summed E-state index contributed by atoms with van der Waals surface area (Å²) in [5.41, 5.74) is 5.38. The minimum Gasteiger partial charge on any atom is -0.448 e. The fraction of sp³-hybridized carbons (Fsp3) is 0.0968. The zero-order valence-electron chi connectivity index (χ0n) is 20.0. The maximum Gasteiger partial charge on any atom is 0.412 e. The summed E-state index contributed by atoms with van der Waals surface area (Å²) in [7, 11) is 0. The molecular formula is C31H26F3NO. The minimum absolute atomic E-state index is 0.642. The number of alkyl halides is 3. The monoisotopic (exact) mass is 485 g/mol. The third-order valence-corrected chi connectivity index (χ3v) is 5.72. The predicted molar refractivity (Wildman–Crippen MR) is 142 cm³/mol. The minimum atomic E-state index is -4.32. The van der Waals surface area contributed by atoms with E-state index in [-0.39, 0.29) is 0 Å². The molecule has 0 saturated carbocycles. The second-order valence-electron chi connectivity index (χ2n) is 8.37. The summed E-state index contributed by atoms with van der Waals surface area (Å²) in [6, 6.07) is 29.7. The van der Waals surface area contributed by atoms with Crippen LogP contribution >= 0.6 is 0 Å². The van der Waals surface area contributed by atoms with Crippen LogP contribution in [0.4, 0.5) is 30.4 Å². The first-order chi connectivity index (χ1) is 17.3. The number of benzene rings is 3. The molecular weight excluding hydrogens is 459 g/mol. The lowest BCUT2D eigenvalue weighted by Crippen LogP contribution is -2.08. The van der Waals surface area contributed by atoms with Gasteiger partial charge in [-0.3, -0.25) is 4.90 Å². The van der Waals surface area contributed by atoms with Crippen molar-refractivity contribution in [2.24, 2.45) is 0 Å². The van der Waals surface area contributed by atoms with Gasteiger partial charge in [-0.25, -0.2) is 0 Å². The Hall–Kier alpha value is -4.25. The number of hydrogen-bond acceptors (Lipinski definition) is 2. The van der Waals surface area contributed by atoms with Crippen LogP contribution in [-0.2, 0) is 0 Å². The number of rotatable bonds is 7. The maximum atomic E-state index is 12.7. The molecule has 0 spiro atoms. The molecule has 36 heavy (non-hydrogen) atoms. The third kappa shape index (κ3) is 6.25. The Kier molecular flexibility index (Phi) is 7.59. The normalized spacial score (nSPS) is 12.8. The first-order valence-corrected chi connectivity index (χ1v) is 11.5. The van der Waals surface area contributed by atoms with Crippen LogP contribution in [0.15, 0.2) is 119 Å². The zero-order chi connectivity index (χ0) is 25.5. The van der Waals surface area contributed by atoms with Gasteiger partial charge in [0, 0.05) is 23.0 Å². The molecule has 0 unspecified atom stereocenters. The van der Waals surface area contributed by atoms with Crippen molar-refractivity contribution in [1.29, 1.82) is 0 Å². The van der Waals surface area contributed by atoms with Crippen molar-refractivity contribution in [2.45, 2.75) is 20.0 Å². The molecule has 182 valence electrons. The van der Waals surface area contributed by atoms with E-state index in [0.717, 1.165) is 35.5 Å². The van der Waals surface area contributed by atoms with E-state index in [2.05, 4.69) is 37.3 Å². The average Bonchev–Trinajstić information content (AvgIpc) is 3.40. The quantitative estimate of drug-likeness (QED) is 0.191. The summed E-state index contributed by atoms with van der Waals surface area (Å²) in [4.78, 5) is 1.98. The molecule has 0 aliphatic heterocycles. The number of hydrogen-bond donors (Lipinski definition) is 0. The molecule has 0 amide bonds. The fourth-order valence-corrected chi connectivity index (χ4v) is 3.69. The van der Waals surface area contributed by atoms with Crippen LogP contribution in [0.5, 0.6) is 0 Å². The highest BCUT2D eigenvalue weighted by molar-refractivity contribution is 5.81. The Morgan fingerprint density at radius 2 is 1.36 bits per heavy atom. The summed E-state index contributed by atoms with van der Waals surface area (Å²) < 4.78 is 43.7. The van der Waals surface area contributed by atoms with E-state index < -0.39 is 11.7 Å². The molecule has 1 aromatic heterocycles. The SMILES string of the molecule is C/C(=C/C=C/c1ccc(N(c2ccc(/C=C(\C)c3ccccc3)cc2)c2ccco2)cc1)C(F)(F)F. The van der Waals surface area contributed by atoms with Crippen molar-refractivity contribution in [3.05, 3.63) is 132 Å². The van der Waals surface area contributed by atoms with Crippen molar-refractivity contribution in [2.75, 3.05) is 4.90 Å². The van der Waals surface area contributed by atoms with Crippen molar-refractivity contribution >= 4 is 35.0 Å². The largest absolute Gasteiger partial charge is 0.448 e. The van der Waals surface area contributed by atoms with Gasteiger partial charge in [-0.2, -0.15) is 13.2 Å². The van der Waals surface area contributed by atoms with E-state index in [9.17, 15) is 13.2 Å². The summed E-state index contributed by atoms with van der Waals surface area (Å²) >= 11 is 0. The fourth-order valence-electron chi connectivity index (χ4n) is 3.69. The van der Waals surface area contributed by atoms with Crippen LogP contribution in [0.2, 0.25) is 0 Å². The summed E-state index contributed by atoms with van der Waals surface area (Å²) in [6.07, 6.45) is 3.57. The molecule has 0 radical (unpaired) electrons. The lowest BCUT2D eigenvalue weighted by atomic mass is 10.0. The molecule has 0 saturated heterocycles. The molecule has 0 bridgehead atoms. The molecule has 5 heteroatoms. The standard InChI is InChI=1S/C31H26F3NO/c1-23(27-10-4-3-5-11-27)22-26-15-19-29(20-16-26)35(30-12-7-21-36-30)28-17-13-25(14-18-28)9-6-8-24(2)31(32,33)34/h3-22H,1-2H3/b9-6+,23-22+,24-8-. The van der Waals surface area contributed by atoms with Crippen LogP contribution in [0, 0.1) is 0 Å². The smallest absolute Gasteiger partial charge is 0.412 e.